The minimum absolute atomic E-state index is 0.0253. The second kappa shape index (κ2) is 7.82. The van der Waals surface area contributed by atoms with Crippen molar-refractivity contribution in [3.05, 3.63) is 71.3 Å². The molecule has 4 rings (SSSR count). The number of hydrogen-bond acceptors (Lipinski definition) is 6. The number of carbonyl (C=O) groups excluding carboxylic acids is 2. The fraction of sp³-hybridized carbons (Fsp3) is 0.182. The number of hydrogen-bond donors (Lipinski definition) is 2. The fourth-order valence-corrected chi connectivity index (χ4v) is 3.21. The first-order chi connectivity index (χ1) is 14.5. The Morgan fingerprint density at radius 2 is 1.80 bits per heavy atom. The maximum Gasteiger partial charge on any atom is 0.275 e. The summed E-state index contributed by atoms with van der Waals surface area (Å²) in [5, 5.41) is 4.51. The molecule has 0 fully saturated rings. The van der Waals surface area contributed by atoms with E-state index in [0.29, 0.717) is 44.9 Å². The summed E-state index contributed by atoms with van der Waals surface area (Å²) in [6.45, 7) is 5.47. The summed E-state index contributed by atoms with van der Waals surface area (Å²) in [4.78, 5) is 30.1. The zero-order valence-electron chi connectivity index (χ0n) is 16.7. The van der Waals surface area contributed by atoms with Crippen LogP contribution in [0, 0.1) is 6.92 Å². The molecule has 0 spiro atoms. The summed E-state index contributed by atoms with van der Waals surface area (Å²) in [7, 11) is 0. The molecular weight excluding hydrogens is 384 g/mol. The highest BCUT2D eigenvalue weighted by atomic mass is 16.5. The molecule has 3 heterocycles. The number of aryl methyl sites for hydroxylation is 1. The fourth-order valence-electron chi connectivity index (χ4n) is 3.21. The average Bonchev–Trinajstić information content (AvgIpc) is 3.41. The number of rotatable bonds is 4. The number of nitrogens with one attached hydrogen (secondary N) is 2. The van der Waals surface area contributed by atoms with Gasteiger partial charge in [-0.2, -0.15) is 0 Å². The number of aromatic nitrogens is 2. The molecule has 1 aromatic carbocycles. The molecule has 4 aromatic rings. The normalized spacial score (nSPS) is 11.1. The first-order valence-electron chi connectivity index (χ1n) is 9.46. The molecule has 0 radical (unpaired) electrons. The van der Waals surface area contributed by atoms with Gasteiger partial charge in [0.05, 0.1) is 23.0 Å². The molecule has 8 nitrogen and oxygen atoms in total. The molecule has 0 atom stereocenters. The van der Waals surface area contributed by atoms with Crippen molar-refractivity contribution in [3.63, 3.8) is 0 Å². The molecule has 0 aliphatic heterocycles. The van der Waals surface area contributed by atoms with Crippen molar-refractivity contribution in [1.82, 2.24) is 21.0 Å². The van der Waals surface area contributed by atoms with Gasteiger partial charge in [0, 0.05) is 11.3 Å². The van der Waals surface area contributed by atoms with Gasteiger partial charge in [-0.3, -0.25) is 20.4 Å². The topological polar surface area (TPSA) is 110 Å². The molecule has 0 saturated carbocycles. The Morgan fingerprint density at radius 1 is 1.03 bits per heavy atom. The molecule has 152 valence electrons. The Hall–Kier alpha value is -3.94. The van der Waals surface area contributed by atoms with Crippen LogP contribution >= 0.6 is 0 Å². The van der Waals surface area contributed by atoms with Crippen LogP contribution < -0.4 is 10.9 Å². The standard InChI is InChI=1S/C22H20N4O4/c1-12(2)20-19(13(3)26-30-20)22(28)25-24-21(27)15-11-17(18-9-6-10-29-18)23-16-8-5-4-7-14(15)16/h4-12H,1-3H3,(H,24,27)(H,25,28). The number of carbonyl (C=O) groups is 2. The van der Waals surface area contributed by atoms with E-state index < -0.39 is 11.8 Å². The van der Waals surface area contributed by atoms with Crippen LogP contribution in [0.4, 0.5) is 0 Å². The van der Waals surface area contributed by atoms with Gasteiger partial charge in [0.1, 0.15) is 11.3 Å². The summed E-state index contributed by atoms with van der Waals surface area (Å²) in [5.41, 5.74) is 7.23. The third kappa shape index (κ3) is 3.55. The largest absolute Gasteiger partial charge is 0.463 e. The van der Waals surface area contributed by atoms with Crippen molar-refractivity contribution >= 4 is 22.7 Å². The third-order valence-corrected chi connectivity index (χ3v) is 4.66. The van der Waals surface area contributed by atoms with Gasteiger partial charge in [-0.05, 0) is 31.2 Å². The quantitative estimate of drug-likeness (QED) is 0.498. The van der Waals surface area contributed by atoms with Gasteiger partial charge in [-0.15, -0.1) is 0 Å². The average molecular weight is 404 g/mol. The number of para-hydroxylation sites is 1. The predicted molar refractivity (Wildman–Crippen MR) is 110 cm³/mol. The zero-order valence-corrected chi connectivity index (χ0v) is 16.7. The lowest BCUT2D eigenvalue weighted by Gasteiger charge is -2.11. The van der Waals surface area contributed by atoms with Crippen LogP contribution in [0.15, 0.2) is 57.7 Å². The molecule has 0 aliphatic rings. The van der Waals surface area contributed by atoms with Crippen LogP contribution in [0.5, 0.6) is 0 Å². The van der Waals surface area contributed by atoms with E-state index in [0.717, 1.165) is 0 Å². The summed E-state index contributed by atoms with van der Waals surface area (Å²) < 4.78 is 10.7. The van der Waals surface area contributed by atoms with E-state index in [1.165, 1.54) is 0 Å². The van der Waals surface area contributed by atoms with E-state index in [1.54, 1.807) is 37.5 Å². The first-order valence-corrected chi connectivity index (χ1v) is 9.46. The van der Waals surface area contributed by atoms with Crippen LogP contribution in [0.25, 0.3) is 22.4 Å². The van der Waals surface area contributed by atoms with Crippen LogP contribution in [0.2, 0.25) is 0 Å². The van der Waals surface area contributed by atoms with Gasteiger partial charge in [0.2, 0.25) is 0 Å². The first kappa shape index (κ1) is 19.4. The van der Waals surface area contributed by atoms with Crippen molar-refractivity contribution in [1.29, 1.82) is 0 Å². The Kier molecular flexibility index (Phi) is 5.05. The monoisotopic (exact) mass is 404 g/mol. The number of amides is 2. The molecule has 8 heteroatoms. The highest BCUT2D eigenvalue weighted by Crippen LogP contribution is 2.25. The number of nitrogens with zero attached hydrogens (tertiary/aromatic N) is 2. The summed E-state index contributed by atoms with van der Waals surface area (Å²) in [6.07, 6.45) is 1.54. The third-order valence-electron chi connectivity index (χ3n) is 4.66. The van der Waals surface area contributed by atoms with Crippen molar-refractivity contribution in [2.24, 2.45) is 0 Å². The van der Waals surface area contributed by atoms with Crippen molar-refractivity contribution in [2.45, 2.75) is 26.7 Å². The molecular formula is C22H20N4O4. The molecule has 0 saturated heterocycles. The van der Waals surface area contributed by atoms with Crippen LogP contribution in [0.1, 0.15) is 51.9 Å². The van der Waals surface area contributed by atoms with E-state index in [-0.39, 0.29) is 5.92 Å². The number of benzene rings is 1. The van der Waals surface area contributed by atoms with E-state index in [9.17, 15) is 9.59 Å². The van der Waals surface area contributed by atoms with Gasteiger partial charge < -0.3 is 8.94 Å². The molecule has 2 amide bonds. The number of furan rings is 1. The maximum atomic E-state index is 12.9. The Labute approximate surface area is 172 Å². The Bertz CT molecular complexity index is 1230. The van der Waals surface area contributed by atoms with Gasteiger partial charge >= 0.3 is 0 Å². The van der Waals surface area contributed by atoms with E-state index in [2.05, 4.69) is 21.0 Å². The Morgan fingerprint density at radius 3 is 2.53 bits per heavy atom. The summed E-state index contributed by atoms with van der Waals surface area (Å²) in [6, 6.07) is 12.4. The SMILES string of the molecule is Cc1noc(C(C)C)c1C(=O)NNC(=O)c1cc(-c2ccco2)nc2ccccc12. The number of fused-ring (bicyclic) bond motifs is 1. The lowest BCUT2D eigenvalue weighted by molar-refractivity contribution is 0.0845. The van der Waals surface area contributed by atoms with Crippen molar-refractivity contribution < 1.29 is 18.5 Å². The Balaban J connectivity index is 1.62. The van der Waals surface area contributed by atoms with Crippen LogP contribution in [0.3, 0.4) is 0 Å². The highest BCUT2D eigenvalue weighted by Gasteiger charge is 2.23. The second-order valence-electron chi connectivity index (χ2n) is 7.12. The van der Waals surface area contributed by atoms with Crippen molar-refractivity contribution in [2.75, 3.05) is 0 Å². The van der Waals surface area contributed by atoms with E-state index in [1.807, 2.05) is 32.0 Å². The number of hydrazine groups is 1. The lowest BCUT2D eigenvalue weighted by atomic mass is 10.0. The van der Waals surface area contributed by atoms with E-state index in [4.69, 9.17) is 8.94 Å². The molecule has 30 heavy (non-hydrogen) atoms. The highest BCUT2D eigenvalue weighted by molar-refractivity contribution is 6.08. The zero-order chi connectivity index (χ0) is 21.3. The van der Waals surface area contributed by atoms with Gasteiger partial charge in [-0.25, -0.2) is 4.98 Å². The summed E-state index contributed by atoms with van der Waals surface area (Å²) in [5.74, 6) is 0.0160. The summed E-state index contributed by atoms with van der Waals surface area (Å²) >= 11 is 0. The van der Waals surface area contributed by atoms with Gasteiger partial charge in [0.25, 0.3) is 11.8 Å². The molecule has 0 bridgehead atoms. The molecule has 3 aromatic heterocycles. The number of pyridine rings is 1. The lowest BCUT2D eigenvalue weighted by Crippen LogP contribution is -2.42. The molecule has 0 aliphatic carbocycles. The van der Waals surface area contributed by atoms with E-state index >= 15 is 0 Å². The smallest absolute Gasteiger partial charge is 0.275 e. The maximum absolute atomic E-state index is 12.9. The molecule has 0 unspecified atom stereocenters. The van der Waals surface area contributed by atoms with Gasteiger partial charge in [0.15, 0.2) is 11.5 Å². The van der Waals surface area contributed by atoms with Gasteiger partial charge in [-0.1, -0.05) is 37.2 Å². The second-order valence-corrected chi connectivity index (χ2v) is 7.12. The minimum atomic E-state index is -0.490. The predicted octanol–water partition coefficient (Wildman–Crippen LogP) is 3.99. The van der Waals surface area contributed by atoms with Crippen LogP contribution in [-0.2, 0) is 0 Å². The van der Waals surface area contributed by atoms with Crippen molar-refractivity contribution in [3.8, 4) is 11.5 Å². The van der Waals surface area contributed by atoms with Crippen LogP contribution in [-0.4, -0.2) is 22.0 Å². The molecule has 2 N–H and O–H groups in total. The minimum Gasteiger partial charge on any atom is -0.463 e.